The Hall–Kier alpha value is -2.86. The van der Waals surface area contributed by atoms with Crippen molar-refractivity contribution in [1.29, 1.82) is 0 Å². The van der Waals surface area contributed by atoms with Gasteiger partial charge in [-0.3, -0.25) is 9.59 Å². The summed E-state index contributed by atoms with van der Waals surface area (Å²) in [5, 5.41) is 10.3. The highest BCUT2D eigenvalue weighted by atomic mass is 16.7. The minimum atomic E-state index is -1.40. The second-order valence-corrected chi connectivity index (χ2v) is 10.5. The summed E-state index contributed by atoms with van der Waals surface area (Å²) in [5.41, 5.74) is 1.18. The fourth-order valence-electron chi connectivity index (χ4n) is 4.99. The van der Waals surface area contributed by atoms with Crippen LogP contribution in [0.15, 0.2) is 61.2 Å². The molecule has 39 heavy (non-hydrogen) atoms. The first-order valence-electron chi connectivity index (χ1n) is 14.5. The van der Waals surface area contributed by atoms with E-state index in [0.717, 1.165) is 38.5 Å². The number of methoxy groups -OCH3 is 1. The molecule has 1 saturated carbocycles. The van der Waals surface area contributed by atoms with Crippen molar-refractivity contribution in [3.8, 4) is 5.75 Å². The molecule has 0 aromatic heterocycles. The highest BCUT2D eigenvalue weighted by molar-refractivity contribution is 5.82. The molecule has 1 aromatic carbocycles. The first-order valence-corrected chi connectivity index (χ1v) is 14.5. The van der Waals surface area contributed by atoms with Gasteiger partial charge in [-0.05, 0) is 81.4 Å². The van der Waals surface area contributed by atoms with Gasteiger partial charge >= 0.3 is 11.9 Å². The normalized spacial score (nSPS) is 20.1. The molecular weight excluding hydrogens is 492 g/mol. The maximum absolute atomic E-state index is 12.7. The van der Waals surface area contributed by atoms with Crippen LogP contribution in [0.1, 0.15) is 83.1 Å². The number of allylic oxidation sites excluding steroid dienone is 5. The van der Waals surface area contributed by atoms with Crippen molar-refractivity contribution in [3.63, 3.8) is 0 Å². The van der Waals surface area contributed by atoms with E-state index in [4.69, 9.17) is 14.2 Å². The SMILES string of the molecule is C=CC/C=C/C/C=C/CCCCCCCc1cccc(OCC(O)OC(=O)C2CC(C)CCC2C(=O)OC)c1. The number of rotatable bonds is 18. The zero-order valence-electron chi connectivity index (χ0n) is 23.9. The molecule has 0 bridgehead atoms. The summed E-state index contributed by atoms with van der Waals surface area (Å²) >= 11 is 0. The van der Waals surface area contributed by atoms with Gasteiger partial charge < -0.3 is 19.3 Å². The summed E-state index contributed by atoms with van der Waals surface area (Å²) in [4.78, 5) is 24.8. The number of carbonyl (C=O) groups excluding carboxylic acids is 2. The predicted molar refractivity (Wildman–Crippen MR) is 155 cm³/mol. The molecule has 4 unspecified atom stereocenters. The van der Waals surface area contributed by atoms with Crippen LogP contribution in [-0.4, -0.2) is 37.1 Å². The van der Waals surface area contributed by atoms with Gasteiger partial charge in [-0.2, -0.15) is 0 Å². The third-order valence-electron chi connectivity index (χ3n) is 7.21. The zero-order valence-corrected chi connectivity index (χ0v) is 23.9. The van der Waals surface area contributed by atoms with Gasteiger partial charge in [0.1, 0.15) is 5.75 Å². The smallest absolute Gasteiger partial charge is 0.312 e. The molecule has 0 spiro atoms. The molecular formula is C33H48O6. The molecule has 1 aliphatic carbocycles. The van der Waals surface area contributed by atoms with Crippen molar-refractivity contribution >= 4 is 11.9 Å². The van der Waals surface area contributed by atoms with E-state index >= 15 is 0 Å². The van der Waals surface area contributed by atoms with Crippen LogP contribution in [0, 0.1) is 17.8 Å². The van der Waals surface area contributed by atoms with Gasteiger partial charge in [-0.25, -0.2) is 0 Å². The molecule has 216 valence electrons. The fraction of sp³-hybridized carbons (Fsp3) is 0.576. The Morgan fingerprint density at radius 2 is 1.74 bits per heavy atom. The molecule has 1 fully saturated rings. The first kappa shape index (κ1) is 32.4. The summed E-state index contributed by atoms with van der Waals surface area (Å²) < 4.78 is 15.8. The number of esters is 2. The molecule has 1 N–H and O–H groups in total. The average Bonchev–Trinajstić information content (AvgIpc) is 2.94. The Bertz CT molecular complexity index is 921. The number of benzene rings is 1. The van der Waals surface area contributed by atoms with Gasteiger partial charge in [-0.15, -0.1) is 6.58 Å². The van der Waals surface area contributed by atoms with Crippen LogP contribution in [0.5, 0.6) is 5.75 Å². The number of hydrogen-bond donors (Lipinski definition) is 1. The maximum atomic E-state index is 12.7. The number of carbonyl (C=O) groups is 2. The van der Waals surface area contributed by atoms with Crippen molar-refractivity contribution in [2.24, 2.45) is 17.8 Å². The summed E-state index contributed by atoms with van der Waals surface area (Å²) in [6.45, 7) is 5.59. The van der Waals surface area contributed by atoms with Gasteiger partial charge in [0.25, 0.3) is 0 Å². The van der Waals surface area contributed by atoms with Crippen molar-refractivity contribution in [2.45, 2.75) is 90.3 Å². The number of unbranched alkanes of at least 4 members (excludes halogenated alkanes) is 5. The zero-order chi connectivity index (χ0) is 28.3. The quantitative estimate of drug-likeness (QED) is 0.0924. The summed E-state index contributed by atoms with van der Waals surface area (Å²) in [5.74, 6) is -1.17. The summed E-state index contributed by atoms with van der Waals surface area (Å²) in [6, 6.07) is 7.82. The fourth-order valence-corrected chi connectivity index (χ4v) is 4.99. The van der Waals surface area contributed by atoms with Crippen molar-refractivity contribution in [1.82, 2.24) is 0 Å². The average molecular weight is 541 g/mol. The molecule has 1 aromatic rings. The van der Waals surface area contributed by atoms with Crippen LogP contribution in [0.4, 0.5) is 0 Å². The molecule has 0 amide bonds. The van der Waals surface area contributed by atoms with Gasteiger partial charge in [0, 0.05) is 0 Å². The molecule has 0 saturated heterocycles. The third-order valence-corrected chi connectivity index (χ3v) is 7.21. The first-order chi connectivity index (χ1) is 18.9. The monoisotopic (exact) mass is 540 g/mol. The standard InChI is InChI=1S/C33H48O6/c1-4-5-6-7-8-9-10-11-12-13-14-15-16-18-27-19-17-20-28(24-27)38-25-31(34)39-33(36)30-23-26(2)21-22-29(30)32(35)37-3/h4,6-7,9-10,17,19-20,24,26,29-31,34H,1,5,8,11-16,18,21-23,25H2,2-3H3/b7-6+,10-9+. The lowest BCUT2D eigenvalue weighted by Gasteiger charge is -2.31. The molecule has 1 aliphatic rings. The number of ether oxygens (including phenoxy) is 3. The minimum Gasteiger partial charge on any atom is -0.487 e. The van der Waals surface area contributed by atoms with Gasteiger partial charge in [0.05, 0.1) is 18.9 Å². The molecule has 0 heterocycles. The van der Waals surface area contributed by atoms with E-state index < -0.39 is 30.1 Å². The molecule has 6 nitrogen and oxygen atoms in total. The van der Waals surface area contributed by atoms with Gasteiger partial charge in [-0.1, -0.05) is 68.7 Å². The van der Waals surface area contributed by atoms with Crippen molar-refractivity contribution in [3.05, 3.63) is 66.8 Å². The predicted octanol–water partition coefficient (Wildman–Crippen LogP) is 7.11. The Morgan fingerprint density at radius 1 is 1.00 bits per heavy atom. The van der Waals surface area contributed by atoms with Crippen LogP contribution in [-0.2, 0) is 25.5 Å². The van der Waals surface area contributed by atoms with E-state index in [0.29, 0.717) is 24.5 Å². The Kier molecular flexibility index (Phi) is 16.0. The van der Waals surface area contributed by atoms with Crippen LogP contribution in [0.3, 0.4) is 0 Å². The second-order valence-electron chi connectivity index (χ2n) is 10.5. The number of aliphatic hydroxyl groups is 1. The molecule has 4 atom stereocenters. The second kappa shape index (κ2) is 19.2. The van der Waals surface area contributed by atoms with E-state index in [1.807, 2.05) is 31.2 Å². The lowest BCUT2D eigenvalue weighted by molar-refractivity contribution is -0.184. The highest BCUT2D eigenvalue weighted by Crippen LogP contribution is 2.35. The minimum absolute atomic E-state index is 0.167. The molecule has 6 heteroatoms. The number of aliphatic hydroxyl groups excluding tert-OH is 1. The largest absolute Gasteiger partial charge is 0.487 e. The van der Waals surface area contributed by atoms with E-state index in [1.165, 1.54) is 38.4 Å². The lowest BCUT2D eigenvalue weighted by atomic mass is 9.74. The summed E-state index contributed by atoms with van der Waals surface area (Å²) in [6.07, 6.45) is 21.4. The molecule has 0 aliphatic heterocycles. The van der Waals surface area contributed by atoms with Crippen molar-refractivity contribution in [2.75, 3.05) is 13.7 Å². The van der Waals surface area contributed by atoms with Crippen LogP contribution >= 0.6 is 0 Å². The number of aryl methyl sites for hydroxylation is 1. The Labute approximate surface area is 235 Å². The molecule has 2 rings (SSSR count). The van der Waals surface area contributed by atoms with E-state index in [2.05, 4.69) is 36.9 Å². The van der Waals surface area contributed by atoms with E-state index in [1.54, 1.807) is 0 Å². The van der Waals surface area contributed by atoms with Crippen LogP contribution in [0.25, 0.3) is 0 Å². The Morgan fingerprint density at radius 3 is 2.54 bits per heavy atom. The Balaban J connectivity index is 1.64. The van der Waals surface area contributed by atoms with Gasteiger partial charge in [0.2, 0.25) is 6.29 Å². The number of hydrogen-bond acceptors (Lipinski definition) is 6. The lowest BCUT2D eigenvalue weighted by Crippen LogP contribution is -2.39. The van der Waals surface area contributed by atoms with E-state index in [-0.39, 0.29) is 6.61 Å². The highest BCUT2D eigenvalue weighted by Gasteiger charge is 2.40. The van der Waals surface area contributed by atoms with Crippen LogP contribution < -0.4 is 4.74 Å². The van der Waals surface area contributed by atoms with Gasteiger partial charge in [0.15, 0.2) is 6.61 Å². The summed E-state index contributed by atoms with van der Waals surface area (Å²) in [7, 11) is 1.33. The maximum Gasteiger partial charge on any atom is 0.312 e. The van der Waals surface area contributed by atoms with Crippen molar-refractivity contribution < 1.29 is 28.9 Å². The van der Waals surface area contributed by atoms with Crippen LogP contribution in [0.2, 0.25) is 0 Å². The third kappa shape index (κ3) is 13.2. The van der Waals surface area contributed by atoms with E-state index in [9.17, 15) is 14.7 Å². The molecule has 0 radical (unpaired) electrons. The topological polar surface area (TPSA) is 82.1 Å².